The molecule has 0 amide bonds. The van der Waals surface area contributed by atoms with Gasteiger partial charge in [-0.1, -0.05) is 6.92 Å². The van der Waals surface area contributed by atoms with Crippen LogP contribution in [0.25, 0.3) is 0 Å². The molecule has 14 heavy (non-hydrogen) atoms. The third-order valence-electron chi connectivity index (χ3n) is 2.78. The fourth-order valence-electron chi connectivity index (χ4n) is 1.90. The Morgan fingerprint density at radius 2 is 2.29 bits per heavy atom. The van der Waals surface area contributed by atoms with Crippen LogP contribution in [0.1, 0.15) is 31.5 Å². The van der Waals surface area contributed by atoms with Gasteiger partial charge < -0.3 is 5.32 Å². The second-order valence-corrected chi connectivity index (χ2v) is 4.59. The Labute approximate surface area is 93.0 Å². The van der Waals surface area contributed by atoms with E-state index in [0.717, 1.165) is 24.0 Å². The number of halogens is 1. The molecule has 0 aromatic carbocycles. The van der Waals surface area contributed by atoms with Gasteiger partial charge in [0.2, 0.25) is 0 Å². The molecule has 1 fully saturated rings. The van der Waals surface area contributed by atoms with Crippen molar-refractivity contribution in [2.24, 2.45) is 0 Å². The molecule has 1 aliphatic heterocycles. The molecule has 0 radical (unpaired) electrons. The third kappa shape index (κ3) is 2.01. The van der Waals surface area contributed by atoms with E-state index in [0.29, 0.717) is 6.04 Å². The summed E-state index contributed by atoms with van der Waals surface area (Å²) < 4.78 is 3.28. The smallest absolute Gasteiger partial charge is 0.0763 e. The summed E-state index contributed by atoms with van der Waals surface area (Å²) in [5, 5.41) is 7.96. The van der Waals surface area contributed by atoms with Crippen molar-refractivity contribution in [1.82, 2.24) is 15.1 Å². The van der Waals surface area contributed by atoms with Crippen LogP contribution in [0.4, 0.5) is 0 Å². The number of piperidine rings is 1. The summed E-state index contributed by atoms with van der Waals surface area (Å²) >= 11 is 3.54. The zero-order valence-electron chi connectivity index (χ0n) is 8.46. The van der Waals surface area contributed by atoms with E-state index < -0.39 is 0 Å². The average molecular weight is 258 g/mol. The summed E-state index contributed by atoms with van der Waals surface area (Å²) in [6, 6.07) is 0.591. The van der Waals surface area contributed by atoms with Crippen LogP contribution in [-0.4, -0.2) is 22.9 Å². The van der Waals surface area contributed by atoms with Crippen LogP contribution in [-0.2, 0) is 6.42 Å². The lowest BCUT2D eigenvalue weighted by Gasteiger charge is -2.22. The van der Waals surface area contributed by atoms with Gasteiger partial charge in [-0.2, -0.15) is 5.10 Å². The van der Waals surface area contributed by atoms with Gasteiger partial charge in [0.25, 0.3) is 0 Å². The lowest BCUT2D eigenvalue weighted by atomic mass is 10.1. The second kappa shape index (κ2) is 4.45. The molecule has 2 heterocycles. The molecular formula is C10H16BrN3. The molecule has 0 saturated carbocycles. The average Bonchev–Trinajstić information content (AvgIpc) is 2.61. The van der Waals surface area contributed by atoms with E-state index in [9.17, 15) is 0 Å². The zero-order chi connectivity index (χ0) is 9.97. The number of hydrogen-bond acceptors (Lipinski definition) is 2. The van der Waals surface area contributed by atoms with Gasteiger partial charge in [0, 0.05) is 6.20 Å². The predicted molar refractivity (Wildman–Crippen MR) is 60.4 cm³/mol. The SMILES string of the molecule is CCc1nn(C2CCNCC2)cc1Br. The van der Waals surface area contributed by atoms with Crippen molar-refractivity contribution in [3.8, 4) is 0 Å². The highest BCUT2D eigenvalue weighted by atomic mass is 79.9. The number of aromatic nitrogens is 2. The molecule has 0 spiro atoms. The fraction of sp³-hybridized carbons (Fsp3) is 0.700. The topological polar surface area (TPSA) is 29.9 Å². The van der Waals surface area contributed by atoms with E-state index in [1.165, 1.54) is 18.5 Å². The van der Waals surface area contributed by atoms with Crippen LogP contribution >= 0.6 is 15.9 Å². The minimum atomic E-state index is 0.591. The Bertz CT molecular complexity index is 302. The maximum atomic E-state index is 4.59. The molecule has 0 unspecified atom stereocenters. The van der Waals surface area contributed by atoms with E-state index in [4.69, 9.17) is 0 Å². The van der Waals surface area contributed by atoms with E-state index >= 15 is 0 Å². The molecule has 0 bridgehead atoms. The van der Waals surface area contributed by atoms with Gasteiger partial charge in [-0.25, -0.2) is 0 Å². The van der Waals surface area contributed by atoms with Crippen LogP contribution in [0.15, 0.2) is 10.7 Å². The van der Waals surface area contributed by atoms with Crippen molar-refractivity contribution in [3.05, 3.63) is 16.4 Å². The lowest BCUT2D eigenvalue weighted by Crippen LogP contribution is -2.29. The fourth-order valence-corrected chi connectivity index (χ4v) is 2.47. The van der Waals surface area contributed by atoms with Gasteiger partial charge in [-0.15, -0.1) is 0 Å². The number of hydrogen-bond donors (Lipinski definition) is 1. The molecule has 1 aliphatic rings. The van der Waals surface area contributed by atoms with E-state index in [2.05, 4.69) is 44.1 Å². The molecule has 2 rings (SSSR count). The minimum absolute atomic E-state index is 0.591. The molecule has 3 nitrogen and oxygen atoms in total. The first-order valence-electron chi connectivity index (χ1n) is 5.25. The highest BCUT2D eigenvalue weighted by Crippen LogP contribution is 2.22. The standard InChI is InChI=1S/C10H16BrN3/c1-2-10-9(11)7-14(13-10)8-3-5-12-6-4-8/h7-8,12H,2-6H2,1H3. The molecular weight excluding hydrogens is 242 g/mol. The Kier molecular flexibility index (Phi) is 3.23. The molecule has 0 aliphatic carbocycles. The molecule has 4 heteroatoms. The van der Waals surface area contributed by atoms with Crippen LogP contribution < -0.4 is 5.32 Å². The van der Waals surface area contributed by atoms with Crippen LogP contribution in [0.2, 0.25) is 0 Å². The quantitative estimate of drug-likeness (QED) is 0.880. The van der Waals surface area contributed by atoms with Crippen LogP contribution in [0, 0.1) is 0 Å². The maximum Gasteiger partial charge on any atom is 0.0763 e. The first kappa shape index (κ1) is 10.2. The Morgan fingerprint density at radius 3 is 2.86 bits per heavy atom. The lowest BCUT2D eigenvalue weighted by molar-refractivity contribution is 0.341. The molecule has 1 aromatic rings. The maximum absolute atomic E-state index is 4.59. The largest absolute Gasteiger partial charge is 0.317 e. The molecule has 1 N–H and O–H groups in total. The van der Waals surface area contributed by atoms with E-state index in [-0.39, 0.29) is 0 Å². The summed E-state index contributed by atoms with van der Waals surface area (Å²) in [6.07, 6.45) is 5.50. The van der Waals surface area contributed by atoms with Crippen LogP contribution in [0.5, 0.6) is 0 Å². The van der Waals surface area contributed by atoms with Crippen molar-refractivity contribution in [1.29, 1.82) is 0 Å². The molecule has 0 atom stereocenters. The van der Waals surface area contributed by atoms with Gasteiger partial charge in [-0.3, -0.25) is 4.68 Å². The second-order valence-electron chi connectivity index (χ2n) is 3.74. The van der Waals surface area contributed by atoms with Crippen molar-refractivity contribution in [2.45, 2.75) is 32.2 Å². The normalized spacial score (nSPS) is 18.7. The predicted octanol–water partition coefficient (Wildman–Crippen LogP) is 2.13. The zero-order valence-corrected chi connectivity index (χ0v) is 10.0. The van der Waals surface area contributed by atoms with Gasteiger partial charge in [0.15, 0.2) is 0 Å². The summed E-state index contributed by atoms with van der Waals surface area (Å²) in [5.74, 6) is 0. The van der Waals surface area contributed by atoms with Gasteiger partial charge >= 0.3 is 0 Å². The summed E-state index contributed by atoms with van der Waals surface area (Å²) in [4.78, 5) is 0. The molecule has 1 aromatic heterocycles. The van der Waals surface area contributed by atoms with E-state index in [1.54, 1.807) is 0 Å². The summed E-state index contributed by atoms with van der Waals surface area (Å²) in [6.45, 7) is 4.37. The highest BCUT2D eigenvalue weighted by Gasteiger charge is 2.16. The van der Waals surface area contributed by atoms with Crippen molar-refractivity contribution in [3.63, 3.8) is 0 Å². The Balaban J connectivity index is 2.14. The number of rotatable bonds is 2. The highest BCUT2D eigenvalue weighted by molar-refractivity contribution is 9.10. The summed E-state index contributed by atoms with van der Waals surface area (Å²) in [7, 11) is 0. The minimum Gasteiger partial charge on any atom is -0.317 e. The summed E-state index contributed by atoms with van der Waals surface area (Å²) in [5.41, 5.74) is 1.17. The number of aryl methyl sites for hydroxylation is 1. The van der Waals surface area contributed by atoms with E-state index in [1.807, 2.05) is 0 Å². The third-order valence-corrected chi connectivity index (χ3v) is 3.44. The monoisotopic (exact) mass is 257 g/mol. The Hall–Kier alpha value is -0.350. The van der Waals surface area contributed by atoms with Crippen molar-refractivity contribution < 1.29 is 0 Å². The van der Waals surface area contributed by atoms with Crippen molar-refractivity contribution >= 4 is 15.9 Å². The first-order valence-corrected chi connectivity index (χ1v) is 6.04. The molecule has 1 saturated heterocycles. The number of nitrogens with one attached hydrogen (secondary N) is 1. The van der Waals surface area contributed by atoms with Crippen molar-refractivity contribution in [2.75, 3.05) is 13.1 Å². The molecule has 78 valence electrons. The van der Waals surface area contributed by atoms with Gasteiger partial charge in [-0.05, 0) is 48.3 Å². The van der Waals surface area contributed by atoms with Gasteiger partial charge in [0.1, 0.15) is 0 Å². The first-order chi connectivity index (χ1) is 6.81. The van der Waals surface area contributed by atoms with Gasteiger partial charge in [0.05, 0.1) is 16.2 Å². The number of nitrogens with zero attached hydrogens (tertiary/aromatic N) is 2. The van der Waals surface area contributed by atoms with Crippen LogP contribution in [0.3, 0.4) is 0 Å². The Morgan fingerprint density at radius 1 is 1.57 bits per heavy atom.